The summed E-state index contributed by atoms with van der Waals surface area (Å²) < 4.78 is 2.06. The topological polar surface area (TPSA) is 30.7 Å². The predicted molar refractivity (Wildman–Crippen MR) is 72.5 cm³/mol. The molecule has 0 bridgehead atoms. The molecule has 1 saturated carbocycles. The molecule has 0 unspecified atom stereocenters. The Bertz CT molecular complexity index is 544. The molecule has 1 aromatic carbocycles. The smallest absolute Gasteiger partial charge is 0.152 e. The van der Waals surface area contributed by atoms with E-state index in [1.165, 1.54) is 19.3 Å². The van der Waals surface area contributed by atoms with Gasteiger partial charge in [0.25, 0.3) is 0 Å². The normalized spacial score (nSPS) is 15.7. The Morgan fingerprint density at radius 3 is 2.44 bits per heavy atom. The molecule has 18 heavy (non-hydrogen) atoms. The Morgan fingerprint density at radius 2 is 1.89 bits per heavy atom. The molecular weight excluding hydrogens is 269 g/mol. The number of aromatic nitrogens is 3. The van der Waals surface area contributed by atoms with Gasteiger partial charge in [-0.3, -0.25) is 4.57 Å². The fraction of sp³-hybridized carbons (Fsp3) is 0.385. The zero-order valence-electron chi connectivity index (χ0n) is 9.81. The minimum Gasteiger partial charge on any atom is -0.282 e. The highest BCUT2D eigenvalue weighted by Gasteiger charge is 2.26. The first-order valence-electron chi connectivity index (χ1n) is 6.05. The van der Waals surface area contributed by atoms with Crippen molar-refractivity contribution in [1.82, 2.24) is 14.8 Å². The molecule has 3 rings (SSSR count). The van der Waals surface area contributed by atoms with Crippen LogP contribution in [-0.4, -0.2) is 14.8 Å². The third kappa shape index (κ3) is 2.02. The number of halogens is 2. The number of alkyl halides is 1. The Balaban J connectivity index is 2.07. The van der Waals surface area contributed by atoms with E-state index >= 15 is 0 Å². The number of benzene rings is 1. The van der Waals surface area contributed by atoms with Crippen LogP contribution < -0.4 is 0 Å². The van der Waals surface area contributed by atoms with Crippen LogP contribution in [0.15, 0.2) is 24.3 Å². The van der Waals surface area contributed by atoms with Crippen LogP contribution in [0.4, 0.5) is 0 Å². The molecule has 0 spiro atoms. The highest BCUT2D eigenvalue weighted by molar-refractivity contribution is 6.30. The molecule has 94 valence electrons. The van der Waals surface area contributed by atoms with Crippen LogP contribution in [0.3, 0.4) is 0 Å². The molecule has 0 N–H and O–H groups in total. The van der Waals surface area contributed by atoms with E-state index in [9.17, 15) is 0 Å². The van der Waals surface area contributed by atoms with Crippen molar-refractivity contribution in [3.05, 3.63) is 40.9 Å². The largest absolute Gasteiger partial charge is 0.282 e. The summed E-state index contributed by atoms with van der Waals surface area (Å²) in [7, 11) is 0. The SMILES string of the molecule is ClCc1nnc(C2CCC2)n1-c1ccc(Cl)cc1. The summed E-state index contributed by atoms with van der Waals surface area (Å²) in [5.74, 6) is 2.70. The summed E-state index contributed by atoms with van der Waals surface area (Å²) >= 11 is 11.9. The Morgan fingerprint density at radius 1 is 1.17 bits per heavy atom. The average Bonchev–Trinajstić information content (AvgIpc) is 2.72. The van der Waals surface area contributed by atoms with Gasteiger partial charge in [0.1, 0.15) is 5.82 Å². The van der Waals surface area contributed by atoms with E-state index in [1.54, 1.807) is 0 Å². The molecule has 0 radical (unpaired) electrons. The number of nitrogens with zero attached hydrogens (tertiary/aromatic N) is 3. The first-order chi connectivity index (χ1) is 8.79. The molecular formula is C13H13Cl2N3. The molecule has 3 nitrogen and oxygen atoms in total. The van der Waals surface area contributed by atoms with E-state index in [-0.39, 0.29) is 0 Å². The van der Waals surface area contributed by atoms with Crippen LogP contribution in [-0.2, 0) is 5.88 Å². The van der Waals surface area contributed by atoms with Crippen LogP contribution in [0.1, 0.15) is 36.8 Å². The molecule has 5 heteroatoms. The standard InChI is InChI=1S/C13H13Cl2N3/c14-8-12-16-17-13(9-2-1-3-9)18(12)11-6-4-10(15)5-7-11/h4-7,9H,1-3,8H2. The van der Waals surface area contributed by atoms with E-state index in [0.717, 1.165) is 22.4 Å². The van der Waals surface area contributed by atoms with Gasteiger partial charge in [-0.1, -0.05) is 18.0 Å². The van der Waals surface area contributed by atoms with Crippen LogP contribution in [0, 0.1) is 0 Å². The van der Waals surface area contributed by atoms with Crippen molar-refractivity contribution in [3.8, 4) is 5.69 Å². The second-order valence-electron chi connectivity index (χ2n) is 4.55. The monoisotopic (exact) mass is 281 g/mol. The van der Waals surface area contributed by atoms with Crippen LogP contribution in [0.2, 0.25) is 5.02 Å². The molecule has 0 amide bonds. The molecule has 1 aliphatic carbocycles. The fourth-order valence-corrected chi connectivity index (χ4v) is 2.52. The van der Waals surface area contributed by atoms with E-state index in [2.05, 4.69) is 14.8 Å². The van der Waals surface area contributed by atoms with Crippen LogP contribution >= 0.6 is 23.2 Å². The van der Waals surface area contributed by atoms with Gasteiger partial charge in [-0.15, -0.1) is 21.8 Å². The first-order valence-corrected chi connectivity index (χ1v) is 6.97. The Labute approximate surface area is 116 Å². The quantitative estimate of drug-likeness (QED) is 0.799. The Kier molecular flexibility index (Phi) is 3.27. The van der Waals surface area contributed by atoms with Crippen molar-refractivity contribution in [2.45, 2.75) is 31.1 Å². The maximum absolute atomic E-state index is 5.94. The molecule has 1 heterocycles. The molecule has 0 atom stereocenters. The maximum Gasteiger partial charge on any atom is 0.152 e. The van der Waals surface area contributed by atoms with E-state index < -0.39 is 0 Å². The molecule has 1 fully saturated rings. The minimum atomic E-state index is 0.363. The van der Waals surface area contributed by atoms with Crippen molar-refractivity contribution in [2.75, 3.05) is 0 Å². The van der Waals surface area contributed by atoms with Crippen molar-refractivity contribution >= 4 is 23.2 Å². The lowest BCUT2D eigenvalue weighted by Gasteiger charge is -2.25. The van der Waals surface area contributed by atoms with Crippen molar-refractivity contribution < 1.29 is 0 Å². The van der Waals surface area contributed by atoms with Crippen molar-refractivity contribution in [2.24, 2.45) is 0 Å². The first kappa shape index (κ1) is 12.0. The Hall–Kier alpha value is -1.06. The third-order valence-electron chi connectivity index (χ3n) is 3.43. The fourth-order valence-electron chi connectivity index (χ4n) is 2.22. The van der Waals surface area contributed by atoms with E-state index in [1.807, 2.05) is 24.3 Å². The summed E-state index contributed by atoms with van der Waals surface area (Å²) in [5.41, 5.74) is 1.03. The third-order valence-corrected chi connectivity index (χ3v) is 3.92. The van der Waals surface area contributed by atoms with Gasteiger partial charge in [0, 0.05) is 16.6 Å². The number of hydrogen-bond acceptors (Lipinski definition) is 2. The number of rotatable bonds is 3. The lowest BCUT2D eigenvalue weighted by atomic mass is 9.85. The molecule has 2 aromatic rings. The molecule has 1 aliphatic rings. The van der Waals surface area contributed by atoms with Gasteiger partial charge in [0.15, 0.2) is 5.82 Å². The van der Waals surface area contributed by atoms with Gasteiger partial charge >= 0.3 is 0 Å². The second-order valence-corrected chi connectivity index (χ2v) is 5.25. The maximum atomic E-state index is 5.94. The van der Waals surface area contributed by atoms with Crippen molar-refractivity contribution in [3.63, 3.8) is 0 Å². The van der Waals surface area contributed by atoms with Gasteiger partial charge in [-0.05, 0) is 37.1 Å². The zero-order valence-corrected chi connectivity index (χ0v) is 11.3. The second kappa shape index (κ2) is 4.90. The lowest BCUT2D eigenvalue weighted by molar-refractivity contribution is 0.396. The van der Waals surface area contributed by atoms with Gasteiger partial charge < -0.3 is 0 Å². The molecule has 0 aliphatic heterocycles. The van der Waals surface area contributed by atoms with E-state index in [0.29, 0.717) is 11.8 Å². The zero-order chi connectivity index (χ0) is 12.5. The van der Waals surface area contributed by atoms with Gasteiger partial charge in [0.2, 0.25) is 0 Å². The predicted octanol–water partition coefficient (Wildman–Crippen LogP) is 3.93. The summed E-state index contributed by atoms with van der Waals surface area (Å²) in [6.07, 6.45) is 3.65. The molecule has 1 aromatic heterocycles. The lowest BCUT2D eigenvalue weighted by Crippen LogP contribution is -2.15. The summed E-state index contributed by atoms with van der Waals surface area (Å²) in [6, 6.07) is 7.70. The summed E-state index contributed by atoms with van der Waals surface area (Å²) in [6.45, 7) is 0. The van der Waals surface area contributed by atoms with E-state index in [4.69, 9.17) is 23.2 Å². The van der Waals surface area contributed by atoms with Crippen LogP contribution in [0.5, 0.6) is 0 Å². The van der Waals surface area contributed by atoms with Crippen molar-refractivity contribution in [1.29, 1.82) is 0 Å². The van der Waals surface area contributed by atoms with Gasteiger partial charge in [0.05, 0.1) is 5.88 Å². The summed E-state index contributed by atoms with van der Waals surface area (Å²) in [4.78, 5) is 0. The highest BCUT2D eigenvalue weighted by Crippen LogP contribution is 2.36. The molecule has 0 saturated heterocycles. The highest BCUT2D eigenvalue weighted by atomic mass is 35.5. The average molecular weight is 282 g/mol. The number of hydrogen-bond donors (Lipinski definition) is 0. The minimum absolute atomic E-state index is 0.363. The van der Waals surface area contributed by atoms with Gasteiger partial charge in [-0.25, -0.2) is 0 Å². The van der Waals surface area contributed by atoms with Crippen LogP contribution in [0.25, 0.3) is 5.69 Å². The summed E-state index contributed by atoms with van der Waals surface area (Å²) in [5, 5.41) is 9.21. The van der Waals surface area contributed by atoms with Gasteiger partial charge in [-0.2, -0.15) is 0 Å².